The largest absolute Gasteiger partial charge is 0.443 e. The molecule has 7 nitrogen and oxygen atoms in total. The fourth-order valence-electron chi connectivity index (χ4n) is 2.69. The second kappa shape index (κ2) is 5.61. The van der Waals surface area contributed by atoms with Gasteiger partial charge in [-0.3, -0.25) is 4.79 Å². The summed E-state index contributed by atoms with van der Waals surface area (Å²) in [5.74, 6) is -0.170. The first-order chi connectivity index (χ1) is 10.1. The van der Waals surface area contributed by atoms with Gasteiger partial charge in [-0.15, -0.1) is 0 Å². The number of nitrogens with two attached hydrogens (primary N) is 1. The lowest BCUT2D eigenvalue weighted by molar-refractivity contribution is 0.0993. The van der Waals surface area contributed by atoms with E-state index in [1.54, 1.807) is 6.20 Å². The number of primary amides is 1. The molecule has 0 bridgehead atoms. The number of carbonyl (C=O) groups excluding carboxylic acids is 1. The van der Waals surface area contributed by atoms with Gasteiger partial charge in [0.2, 0.25) is 5.89 Å². The van der Waals surface area contributed by atoms with E-state index in [1.807, 2.05) is 0 Å². The third kappa shape index (κ3) is 2.78. The molecule has 2 aromatic heterocycles. The molecule has 0 aliphatic carbocycles. The molecule has 0 aromatic carbocycles. The molecule has 1 amide bonds. The van der Waals surface area contributed by atoms with Crippen LogP contribution in [0, 0.1) is 0 Å². The minimum absolute atomic E-state index is 0.227. The average Bonchev–Trinajstić information content (AvgIpc) is 3.11. The number of nitrogens with zero attached hydrogens (tertiary/aromatic N) is 4. The second-order valence-corrected chi connectivity index (χ2v) is 5.23. The van der Waals surface area contributed by atoms with E-state index < -0.39 is 5.91 Å². The smallest absolute Gasteiger partial charge is 0.269 e. The van der Waals surface area contributed by atoms with Crippen molar-refractivity contribution in [3.8, 4) is 11.6 Å². The average molecular weight is 287 g/mol. The maximum atomic E-state index is 11.5. The fraction of sp³-hybridized carbons (Fsp3) is 0.429. The lowest BCUT2D eigenvalue weighted by Crippen LogP contribution is -2.29. The van der Waals surface area contributed by atoms with Crippen LogP contribution in [-0.2, 0) is 6.42 Å². The van der Waals surface area contributed by atoms with E-state index in [0.717, 1.165) is 19.4 Å². The lowest BCUT2D eigenvalue weighted by atomic mass is 10.1. The first kappa shape index (κ1) is 13.7. The van der Waals surface area contributed by atoms with Crippen LogP contribution in [0.3, 0.4) is 0 Å². The van der Waals surface area contributed by atoms with Crippen LogP contribution < -0.4 is 5.73 Å². The molecule has 1 fully saturated rings. The summed E-state index contributed by atoms with van der Waals surface area (Å²) in [5.41, 5.74) is 6.75. The molecule has 1 aliphatic rings. The van der Waals surface area contributed by atoms with Crippen LogP contribution in [0.15, 0.2) is 23.1 Å². The molecule has 0 saturated carbocycles. The van der Waals surface area contributed by atoms with Crippen molar-refractivity contribution >= 4 is 5.91 Å². The van der Waals surface area contributed by atoms with E-state index in [4.69, 9.17) is 10.2 Å². The highest BCUT2D eigenvalue weighted by Crippen LogP contribution is 2.21. The van der Waals surface area contributed by atoms with Crippen molar-refractivity contribution in [2.45, 2.75) is 25.3 Å². The first-order valence-electron chi connectivity index (χ1n) is 6.91. The maximum absolute atomic E-state index is 11.5. The van der Waals surface area contributed by atoms with Gasteiger partial charge in [0.25, 0.3) is 5.91 Å². The van der Waals surface area contributed by atoms with Crippen LogP contribution >= 0.6 is 0 Å². The van der Waals surface area contributed by atoms with Crippen LogP contribution in [0.5, 0.6) is 0 Å². The van der Waals surface area contributed by atoms with Crippen LogP contribution in [0.25, 0.3) is 11.6 Å². The molecule has 0 unspecified atom stereocenters. The Bertz CT molecular complexity index is 641. The number of hydrogen-bond acceptors (Lipinski definition) is 6. The Morgan fingerprint density at radius 3 is 3.00 bits per heavy atom. The van der Waals surface area contributed by atoms with Crippen LogP contribution in [-0.4, -0.2) is 45.4 Å². The summed E-state index contributed by atoms with van der Waals surface area (Å²) in [5, 5.41) is 0. The van der Waals surface area contributed by atoms with Gasteiger partial charge in [0.1, 0.15) is 17.7 Å². The zero-order chi connectivity index (χ0) is 14.8. The number of amides is 1. The standard InChI is InChI=1S/C14H17N5O2/c1-19-5-2-3-9(19)7-10-12(13(15)20)17-8-11(18-10)14-16-4-6-21-14/h4,6,8-9H,2-3,5,7H2,1H3,(H2,15,20)/t9-/m1/s1. The van der Waals surface area contributed by atoms with Gasteiger partial charge in [-0.1, -0.05) is 0 Å². The number of oxazole rings is 1. The minimum atomic E-state index is -0.558. The van der Waals surface area contributed by atoms with Gasteiger partial charge in [-0.25, -0.2) is 15.0 Å². The van der Waals surface area contributed by atoms with E-state index in [0.29, 0.717) is 29.7 Å². The van der Waals surface area contributed by atoms with Gasteiger partial charge < -0.3 is 15.1 Å². The second-order valence-electron chi connectivity index (χ2n) is 5.23. The zero-order valence-electron chi connectivity index (χ0n) is 11.8. The molecule has 21 heavy (non-hydrogen) atoms. The van der Waals surface area contributed by atoms with E-state index in [9.17, 15) is 4.79 Å². The van der Waals surface area contributed by atoms with Crippen LogP contribution in [0.2, 0.25) is 0 Å². The number of hydrogen-bond donors (Lipinski definition) is 1. The Morgan fingerprint density at radius 1 is 1.52 bits per heavy atom. The monoisotopic (exact) mass is 287 g/mol. The topological polar surface area (TPSA) is 98.1 Å². The van der Waals surface area contributed by atoms with Gasteiger partial charge in [-0.05, 0) is 26.4 Å². The van der Waals surface area contributed by atoms with Crippen molar-refractivity contribution in [3.63, 3.8) is 0 Å². The Hall–Kier alpha value is -2.28. The van der Waals surface area contributed by atoms with Crippen molar-refractivity contribution in [2.75, 3.05) is 13.6 Å². The predicted molar refractivity (Wildman–Crippen MR) is 75.4 cm³/mol. The molecule has 110 valence electrons. The van der Waals surface area contributed by atoms with Crippen molar-refractivity contribution in [2.24, 2.45) is 5.73 Å². The van der Waals surface area contributed by atoms with Gasteiger partial charge in [-0.2, -0.15) is 0 Å². The summed E-state index contributed by atoms with van der Waals surface area (Å²) in [6.45, 7) is 1.06. The molecular weight excluding hydrogens is 270 g/mol. The zero-order valence-corrected chi connectivity index (χ0v) is 11.8. The van der Waals surface area contributed by atoms with Gasteiger partial charge >= 0.3 is 0 Å². The molecule has 1 saturated heterocycles. The highest BCUT2D eigenvalue weighted by atomic mass is 16.3. The van der Waals surface area contributed by atoms with Crippen molar-refractivity contribution in [1.29, 1.82) is 0 Å². The van der Waals surface area contributed by atoms with Gasteiger partial charge in [0, 0.05) is 12.5 Å². The molecule has 2 N–H and O–H groups in total. The first-order valence-corrected chi connectivity index (χ1v) is 6.91. The third-order valence-electron chi connectivity index (χ3n) is 3.83. The molecule has 7 heteroatoms. The van der Waals surface area contributed by atoms with Crippen molar-refractivity contribution < 1.29 is 9.21 Å². The predicted octanol–water partition coefficient (Wildman–Crippen LogP) is 0.867. The number of likely N-dealkylation sites (N-methyl/N-ethyl adjacent to an activating group) is 1. The SMILES string of the molecule is CN1CCC[C@@H]1Cc1nc(-c2ncco2)cnc1C(N)=O. The lowest BCUT2D eigenvalue weighted by Gasteiger charge is -2.19. The molecule has 1 aliphatic heterocycles. The number of carbonyl (C=O) groups is 1. The molecule has 1 atom stereocenters. The summed E-state index contributed by atoms with van der Waals surface area (Å²) in [6.07, 6.45) is 7.37. The third-order valence-corrected chi connectivity index (χ3v) is 3.83. The van der Waals surface area contributed by atoms with E-state index in [2.05, 4.69) is 26.9 Å². The number of rotatable bonds is 4. The fourth-order valence-corrected chi connectivity index (χ4v) is 2.69. The normalized spacial score (nSPS) is 19.0. The molecule has 2 aromatic rings. The maximum Gasteiger partial charge on any atom is 0.269 e. The van der Waals surface area contributed by atoms with Crippen molar-refractivity contribution in [1.82, 2.24) is 19.9 Å². The van der Waals surface area contributed by atoms with Gasteiger partial charge in [0.05, 0.1) is 18.1 Å². The molecule has 3 heterocycles. The molecule has 3 rings (SSSR count). The molecular formula is C14H17N5O2. The van der Waals surface area contributed by atoms with E-state index >= 15 is 0 Å². The summed E-state index contributed by atoms with van der Waals surface area (Å²) >= 11 is 0. The van der Waals surface area contributed by atoms with Crippen LogP contribution in [0.1, 0.15) is 29.0 Å². The van der Waals surface area contributed by atoms with Crippen LogP contribution in [0.4, 0.5) is 0 Å². The Kier molecular flexibility index (Phi) is 3.66. The summed E-state index contributed by atoms with van der Waals surface area (Å²) in [6, 6.07) is 0.359. The molecule has 0 spiro atoms. The summed E-state index contributed by atoms with van der Waals surface area (Å²) in [7, 11) is 2.08. The highest BCUT2D eigenvalue weighted by molar-refractivity contribution is 5.92. The Morgan fingerprint density at radius 2 is 2.38 bits per heavy atom. The van der Waals surface area contributed by atoms with E-state index in [-0.39, 0.29) is 5.69 Å². The van der Waals surface area contributed by atoms with Crippen molar-refractivity contribution in [3.05, 3.63) is 30.0 Å². The summed E-state index contributed by atoms with van der Waals surface area (Å²) in [4.78, 5) is 26.5. The van der Waals surface area contributed by atoms with E-state index in [1.165, 1.54) is 12.5 Å². The molecule has 0 radical (unpaired) electrons. The van der Waals surface area contributed by atoms with Gasteiger partial charge in [0.15, 0.2) is 0 Å². The number of aromatic nitrogens is 3. The minimum Gasteiger partial charge on any atom is -0.443 e. The highest BCUT2D eigenvalue weighted by Gasteiger charge is 2.25. The Labute approximate surface area is 122 Å². The quantitative estimate of drug-likeness (QED) is 0.895. The number of likely N-dealkylation sites (tertiary alicyclic amines) is 1. The Balaban J connectivity index is 1.94. The summed E-state index contributed by atoms with van der Waals surface area (Å²) < 4.78 is 5.23.